The molecule has 2 rings (SSSR count). The zero-order valence-electron chi connectivity index (χ0n) is 14.0. The third-order valence-corrected chi connectivity index (χ3v) is 4.85. The number of carbonyl (C=O) groups is 3. The van der Waals surface area contributed by atoms with Gasteiger partial charge in [0.25, 0.3) is 5.69 Å². The number of benzene rings is 1. The predicted octanol–water partition coefficient (Wildman–Crippen LogP) is 2.67. The van der Waals surface area contributed by atoms with Gasteiger partial charge in [-0.1, -0.05) is 18.2 Å². The van der Waals surface area contributed by atoms with Crippen molar-refractivity contribution in [1.29, 1.82) is 0 Å². The van der Waals surface area contributed by atoms with E-state index in [2.05, 4.69) is 0 Å². The topological polar surface area (TPSA) is 104 Å². The summed E-state index contributed by atoms with van der Waals surface area (Å²) in [5, 5.41) is 11.4. The number of nitrogens with zero attached hydrogens (tertiary/aromatic N) is 1. The predicted molar refractivity (Wildman–Crippen MR) is 88.9 cm³/mol. The molecule has 0 aromatic heterocycles. The monoisotopic (exact) mass is 347 g/mol. The molecule has 0 saturated heterocycles. The van der Waals surface area contributed by atoms with Crippen molar-refractivity contribution in [2.24, 2.45) is 17.8 Å². The number of hydrogen-bond donors (Lipinski definition) is 0. The Morgan fingerprint density at radius 2 is 2.00 bits per heavy atom. The summed E-state index contributed by atoms with van der Waals surface area (Å²) < 4.78 is 4.96. The molecular weight excluding hydrogens is 326 g/mol. The van der Waals surface area contributed by atoms with E-state index in [4.69, 9.17) is 4.74 Å². The molecule has 1 aromatic rings. The van der Waals surface area contributed by atoms with E-state index < -0.39 is 28.6 Å². The lowest BCUT2D eigenvalue weighted by molar-refractivity contribution is -0.385. The van der Waals surface area contributed by atoms with Gasteiger partial charge in [-0.15, -0.1) is 0 Å². The summed E-state index contributed by atoms with van der Waals surface area (Å²) in [6.07, 6.45) is 2.57. The number of carbonyl (C=O) groups excluding carboxylic acids is 3. The fourth-order valence-corrected chi connectivity index (χ4v) is 3.75. The van der Waals surface area contributed by atoms with E-state index in [9.17, 15) is 24.5 Å². The molecule has 134 valence electrons. The van der Waals surface area contributed by atoms with Gasteiger partial charge in [-0.3, -0.25) is 14.9 Å². The zero-order chi connectivity index (χ0) is 18.4. The molecule has 0 heterocycles. The van der Waals surface area contributed by atoms with Crippen LogP contribution >= 0.6 is 0 Å². The molecule has 0 radical (unpaired) electrons. The highest BCUT2D eigenvalue weighted by Gasteiger charge is 2.43. The van der Waals surface area contributed by atoms with Crippen LogP contribution < -0.4 is 0 Å². The van der Waals surface area contributed by atoms with Gasteiger partial charge in [0.1, 0.15) is 12.6 Å². The Hall–Kier alpha value is -2.57. The van der Waals surface area contributed by atoms with Crippen molar-refractivity contribution in [2.45, 2.75) is 32.1 Å². The number of rotatable bonds is 7. The molecule has 7 heteroatoms. The first-order chi connectivity index (χ1) is 12.0. The molecule has 0 bridgehead atoms. The Morgan fingerprint density at radius 3 is 2.60 bits per heavy atom. The average molecular weight is 347 g/mol. The highest BCUT2D eigenvalue weighted by Crippen LogP contribution is 2.47. The van der Waals surface area contributed by atoms with E-state index in [0.29, 0.717) is 18.4 Å². The standard InChI is InChI=1S/C18H21NO6/c1-2-25-17(22)9-12-7-8-13(10-20)18(15(12)11-21)14-5-3-4-6-16(14)19(23)24/h3-6,10-13,15,18H,2,7-9H2,1H3/t12-,13-,15-,18+/m0/s1. The van der Waals surface area contributed by atoms with Gasteiger partial charge in [-0.25, -0.2) is 0 Å². The van der Waals surface area contributed by atoms with Crippen LogP contribution in [0.5, 0.6) is 0 Å². The molecule has 1 aromatic carbocycles. The summed E-state index contributed by atoms with van der Waals surface area (Å²) in [4.78, 5) is 46.0. The van der Waals surface area contributed by atoms with Crippen LogP contribution in [0.15, 0.2) is 24.3 Å². The number of hydrogen-bond acceptors (Lipinski definition) is 6. The Labute approximate surface area is 145 Å². The Kier molecular flexibility index (Phi) is 6.38. The quantitative estimate of drug-likeness (QED) is 0.325. The molecule has 1 saturated carbocycles. The molecule has 1 aliphatic carbocycles. The second kappa shape index (κ2) is 8.50. The van der Waals surface area contributed by atoms with E-state index in [1.165, 1.54) is 6.07 Å². The molecule has 7 nitrogen and oxygen atoms in total. The molecule has 1 fully saturated rings. The first-order valence-electron chi connectivity index (χ1n) is 8.33. The minimum atomic E-state index is -0.644. The molecule has 1 aliphatic rings. The number of esters is 1. The van der Waals surface area contributed by atoms with Gasteiger partial charge in [0.05, 0.1) is 11.5 Å². The van der Waals surface area contributed by atoms with Crippen molar-refractivity contribution >= 4 is 24.2 Å². The summed E-state index contributed by atoms with van der Waals surface area (Å²) in [6.45, 7) is 1.95. The molecule has 0 spiro atoms. The van der Waals surface area contributed by atoms with Gasteiger partial charge in [0, 0.05) is 35.8 Å². The zero-order valence-corrected chi connectivity index (χ0v) is 14.0. The fourth-order valence-electron chi connectivity index (χ4n) is 3.75. The first-order valence-corrected chi connectivity index (χ1v) is 8.33. The van der Waals surface area contributed by atoms with E-state index in [1.54, 1.807) is 25.1 Å². The number of aldehydes is 2. The number of para-hydroxylation sites is 1. The van der Waals surface area contributed by atoms with E-state index >= 15 is 0 Å². The third kappa shape index (κ3) is 4.10. The molecule has 0 aliphatic heterocycles. The molecular formula is C18H21NO6. The molecule has 25 heavy (non-hydrogen) atoms. The lowest BCUT2D eigenvalue weighted by atomic mass is 9.64. The van der Waals surface area contributed by atoms with Crippen LogP contribution in [0.25, 0.3) is 0 Å². The largest absolute Gasteiger partial charge is 0.466 e. The summed E-state index contributed by atoms with van der Waals surface area (Å²) in [5.41, 5.74) is 0.262. The highest BCUT2D eigenvalue weighted by atomic mass is 16.6. The van der Waals surface area contributed by atoms with Crippen LogP contribution in [0.2, 0.25) is 0 Å². The summed E-state index contributed by atoms with van der Waals surface area (Å²) in [5.74, 6) is -2.43. The van der Waals surface area contributed by atoms with Crippen molar-refractivity contribution in [2.75, 3.05) is 6.61 Å². The lowest BCUT2D eigenvalue weighted by Gasteiger charge is -2.38. The number of nitro benzene ring substituents is 1. The van der Waals surface area contributed by atoms with Crippen molar-refractivity contribution < 1.29 is 24.0 Å². The molecule has 0 unspecified atom stereocenters. The minimum absolute atomic E-state index is 0.0694. The normalized spacial score (nSPS) is 25.8. The van der Waals surface area contributed by atoms with Gasteiger partial charge < -0.3 is 14.3 Å². The number of nitro groups is 1. The fraction of sp³-hybridized carbons (Fsp3) is 0.500. The van der Waals surface area contributed by atoms with Gasteiger partial charge >= 0.3 is 5.97 Å². The summed E-state index contributed by atoms with van der Waals surface area (Å²) in [7, 11) is 0. The maximum absolute atomic E-state index is 11.8. The second-order valence-corrected chi connectivity index (χ2v) is 6.20. The van der Waals surface area contributed by atoms with Crippen LogP contribution in [-0.4, -0.2) is 30.1 Å². The van der Waals surface area contributed by atoms with Crippen LogP contribution in [-0.2, 0) is 19.1 Å². The van der Waals surface area contributed by atoms with Gasteiger partial charge in [0.2, 0.25) is 0 Å². The third-order valence-electron chi connectivity index (χ3n) is 4.85. The van der Waals surface area contributed by atoms with Gasteiger partial charge in [0.15, 0.2) is 0 Å². The smallest absolute Gasteiger partial charge is 0.306 e. The lowest BCUT2D eigenvalue weighted by Crippen LogP contribution is -2.36. The van der Waals surface area contributed by atoms with Crippen molar-refractivity contribution in [1.82, 2.24) is 0 Å². The Bertz CT molecular complexity index is 659. The van der Waals surface area contributed by atoms with Gasteiger partial charge in [-0.05, 0) is 25.7 Å². The maximum atomic E-state index is 11.8. The van der Waals surface area contributed by atoms with Crippen LogP contribution in [0.3, 0.4) is 0 Å². The number of ether oxygens (including phenoxy) is 1. The van der Waals surface area contributed by atoms with Crippen molar-refractivity contribution in [3.8, 4) is 0 Å². The van der Waals surface area contributed by atoms with Crippen molar-refractivity contribution in [3.63, 3.8) is 0 Å². The summed E-state index contributed by atoms with van der Waals surface area (Å²) >= 11 is 0. The SMILES string of the molecule is CCOC(=O)C[C@@H]1CC[C@@H](C=O)[C@H](c2ccccc2[N+](=O)[O-])[C@H]1C=O. The molecule has 4 atom stereocenters. The first kappa shape index (κ1) is 18.8. The Balaban J connectivity index is 2.40. The van der Waals surface area contributed by atoms with E-state index in [-0.39, 0.29) is 24.6 Å². The van der Waals surface area contributed by atoms with Crippen LogP contribution in [0, 0.1) is 27.9 Å². The molecule has 0 amide bonds. The second-order valence-electron chi connectivity index (χ2n) is 6.20. The van der Waals surface area contributed by atoms with Gasteiger partial charge in [-0.2, -0.15) is 0 Å². The van der Waals surface area contributed by atoms with Crippen LogP contribution in [0.4, 0.5) is 5.69 Å². The van der Waals surface area contributed by atoms with E-state index in [0.717, 1.165) is 12.6 Å². The molecule has 0 N–H and O–H groups in total. The average Bonchev–Trinajstić information content (AvgIpc) is 2.61. The Morgan fingerprint density at radius 1 is 1.28 bits per heavy atom. The maximum Gasteiger partial charge on any atom is 0.306 e. The van der Waals surface area contributed by atoms with Crippen molar-refractivity contribution in [3.05, 3.63) is 39.9 Å². The highest BCUT2D eigenvalue weighted by molar-refractivity contribution is 5.71. The minimum Gasteiger partial charge on any atom is -0.466 e. The van der Waals surface area contributed by atoms with Crippen LogP contribution in [0.1, 0.15) is 37.7 Å². The van der Waals surface area contributed by atoms with E-state index in [1.807, 2.05) is 0 Å². The summed E-state index contributed by atoms with van der Waals surface area (Å²) in [6, 6.07) is 6.16.